The van der Waals surface area contributed by atoms with E-state index < -0.39 is 10.2 Å². The standard InChI is InChI=1S/C18H29N3O3S/c1-5-17(16-11-7-6-9-14(16)2)19-18(22)15-10-8-12-21(13-15)25(23,24)20(3)4/h6-7,9,11,15,17H,5,8,10,12-13H2,1-4H3,(H,19,22). The van der Waals surface area contributed by atoms with Crippen LogP contribution in [0.3, 0.4) is 0 Å². The maximum Gasteiger partial charge on any atom is 0.281 e. The minimum absolute atomic E-state index is 0.0467. The molecule has 0 spiro atoms. The molecular weight excluding hydrogens is 338 g/mol. The number of hydrogen-bond acceptors (Lipinski definition) is 3. The summed E-state index contributed by atoms with van der Waals surface area (Å²) in [5, 5.41) is 3.12. The van der Waals surface area contributed by atoms with E-state index in [2.05, 4.69) is 5.32 Å². The summed E-state index contributed by atoms with van der Waals surface area (Å²) in [6.07, 6.45) is 2.21. The lowest BCUT2D eigenvalue weighted by Gasteiger charge is -2.33. The minimum atomic E-state index is -3.47. The molecule has 2 atom stereocenters. The molecular formula is C18H29N3O3S. The van der Waals surface area contributed by atoms with E-state index in [1.165, 1.54) is 22.7 Å². The highest BCUT2D eigenvalue weighted by molar-refractivity contribution is 7.86. The normalized spacial score (nSPS) is 20.4. The van der Waals surface area contributed by atoms with Gasteiger partial charge in [0.2, 0.25) is 5.91 Å². The smallest absolute Gasteiger partial charge is 0.281 e. The lowest BCUT2D eigenvalue weighted by atomic mass is 9.95. The number of carbonyl (C=O) groups is 1. The van der Waals surface area contributed by atoms with Crippen molar-refractivity contribution in [1.82, 2.24) is 13.9 Å². The first-order valence-corrected chi connectivity index (χ1v) is 10.2. The first-order chi connectivity index (χ1) is 11.8. The first kappa shape index (κ1) is 19.9. The van der Waals surface area contributed by atoms with Crippen molar-refractivity contribution in [2.24, 2.45) is 5.92 Å². The molecule has 1 aromatic carbocycles. The van der Waals surface area contributed by atoms with Crippen molar-refractivity contribution in [1.29, 1.82) is 0 Å². The average molecular weight is 368 g/mol. The Morgan fingerprint density at radius 1 is 1.36 bits per heavy atom. The first-order valence-electron chi connectivity index (χ1n) is 8.80. The van der Waals surface area contributed by atoms with Crippen LogP contribution >= 0.6 is 0 Å². The van der Waals surface area contributed by atoms with Crippen molar-refractivity contribution < 1.29 is 13.2 Å². The van der Waals surface area contributed by atoms with Crippen molar-refractivity contribution >= 4 is 16.1 Å². The number of nitrogens with zero attached hydrogens (tertiary/aromatic N) is 2. The molecule has 1 heterocycles. The molecule has 1 amide bonds. The predicted molar refractivity (Wildman–Crippen MR) is 99.3 cm³/mol. The maximum atomic E-state index is 12.7. The molecule has 1 aliphatic heterocycles. The van der Waals surface area contributed by atoms with Crippen LogP contribution in [0.2, 0.25) is 0 Å². The number of hydrogen-bond donors (Lipinski definition) is 1. The number of rotatable bonds is 6. The van der Waals surface area contributed by atoms with Gasteiger partial charge in [-0.05, 0) is 37.3 Å². The summed E-state index contributed by atoms with van der Waals surface area (Å²) in [7, 11) is -0.436. The fourth-order valence-electron chi connectivity index (χ4n) is 3.26. The second-order valence-electron chi connectivity index (χ2n) is 6.81. The highest BCUT2D eigenvalue weighted by Crippen LogP contribution is 2.24. The Bertz CT molecular complexity index is 703. The topological polar surface area (TPSA) is 69.7 Å². The number of amides is 1. The SMILES string of the molecule is CCC(NC(=O)C1CCCN(S(=O)(=O)N(C)C)C1)c1ccccc1C. The van der Waals surface area contributed by atoms with Crippen LogP contribution < -0.4 is 5.32 Å². The van der Waals surface area contributed by atoms with Gasteiger partial charge in [-0.2, -0.15) is 17.0 Å². The number of benzene rings is 1. The molecule has 6 nitrogen and oxygen atoms in total. The number of piperidine rings is 1. The zero-order valence-electron chi connectivity index (χ0n) is 15.5. The Morgan fingerprint density at radius 2 is 2.04 bits per heavy atom. The van der Waals surface area contributed by atoms with Gasteiger partial charge in [-0.15, -0.1) is 0 Å². The van der Waals surface area contributed by atoms with Crippen molar-refractivity contribution in [3.05, 3.63) is 35.4 Å². The highest BCUT2D eigenvalue weighted by Gasteiger charge is 2.34. The summed E-state index contributed by atoms with van der Waals surface area (Å²) in [5.74, 6) is -0.365. The number of aryl methyl sites for hydroxylation is 1. The van der Waals surface area contributed by atoms with E-state index in [1.54, 1.807) is 0 Å². The third-order valence-electron chi connectivity index (χ3n) is 4.83. The van der Waals surface area contributed by atoms with Crippen LogP contribution in [0.25, 0.3) is 0 Å². The fraction of sp³-hybridized carbons (Fsp3) is 0.611. The molecule has 2 unspecified atom stereocenters. The molecule has 1 aromatic rings. The lowest BCUT2D eigenvalue weighted by Crippen LogP contribution is -2.49. The van der Waals surface area contributed by atoms with Gasteiger partial charge in [-0.3, -0.25) is 4.79 Å². The summed E-state index contributed by atoms with van der Waals surface area (Å²) in [6.45, 7) is 4.80. The van der Waals surface area contributed by atoms with Gasteiger partial charge in [-0.1, -0.05) is 31.2 Å². The van der Waals surface area contributed by atoms with Gasteiger partial charge in [-0.25, -0.2) is 0 Å². The Balaban J connectivity index is 2.08. The van der Waals surface area contributed by atoms with Crippen LogP contribution in [0.1, 0.15) is 43.4 Å². The summed E-state index contributed by atoms with van der Waals surface area (Å²) < 4.78 is 27.3. The van der Waals surface area contributed by atoms with Gasteiger partial charge in [0.05, 0.1) is 12.0 Å². The molecule has 1 saturated heterocycles. The molecule has 1 fully saturated rings. The van der Waals surface area contributed by atoms with E-state index in [1.807, 2.05) is 38.1 Å². The van der Waals surface area contributed by atoms with Crippen LogP contribution in [-0.4, -0.2) is 50.1 Å². The molecule has 0 aliphatic carbocycles. The van der Waals surface area contributed by atoms with Crippen molar-refractivity contribution in [3.63, 3.8) is 0 Å². The van der Waals surface area contributed by atoms with Crippen molar-refractivity contribution in [3.8, 4) is 0 Å². The Labute approximate surface area is 151 Å². The molecule has 1 aliphatic rings. The number of nitrogens with one attached hydrogen (secondary N) is 1. The van der Waals surface area contributed by atoms with Crippen LogP contribution in [-0.2, 0) is 15.0 Å². The van der Waals surface area contributed by atoms with Crippen molar-refractivity contribution in [2.75, 3.05) is 27.2 Å². The Morgan fingerprint density at radius 3 is 2.64 bits per heavy atom. The Kier molecular flexibility index (Phi) is 6.59. The summed E-state index contributed by atoms with van der Waals surface area (Å²) in [6, 6.07) is 7.99. The van der Waals surface area contributed by atoms with E-state index >= 15 is 0 Å². The summed E-state index contributed by atoms with van der Waals surface area (Å²) >= 11 is 0. The summed E-state index contributed by atoms with van der Waals surface area (Å²) in [4.78, 5) is 12.7. The maximum absolute atomic E-state index is 12.7. The third kappa shape index (κ3) is 4.59. The van der Waals surface area contributed by atoms with E-state index in [4.69, 9.17) is 0 Å². The van der Waals surface area contributed by atoms with Gasteiger partial charge in [0.25, 0.3) is 10.2 Å². The monoisotopic (exact) mass is 367 g/mol. The van der Waals surface area contributed by atoms with Gasteiger partial charge >= 0.3 is 0 Å². The highest BCUT2D eigenvalue weighted by atomic mass is 32.2. The second-order valence-corrected chi connectivity index (χ2v) is 8.96. The molecule has 0 saturated carbocycles. The molecule has 140 valence electrons. The van der Waals surface area contributed by atoms with Gasteiger partial charge in [0.15, 0.2) is 0 Å². The number of carbonyl (C=O) groups excluding carboxylic acids is 1. The lowest BCUT2D eigenvalue weighted by molar-refractivity contribution is -0.126. The van der Waals surface area contributed by atoms with Gasteiger partial charge < -0.3 is 5.32 Å². The van der Waals surface area contributed by atoms with Gasteiger partial charge in [0, 0.05) is 27.2 Å². The third-order valence-corrected chi connectivity index (χ3v) is 6.74. The Hall–Kier alpha value is -1.44. The molecule has 0 radical (unpaired) electrons. The van der Waals surface area contributed by atoms with E-state index in [-0.39, 0.29) is 24.4 Å². The fourth-order valence-corrected chi connectivity index (χ4v) is 4.45. The minimum Gasteiger partial charge on any atom is -0.349 e. The summed E-state index contributed by atoms with van der Waals surface area (Å²) in [5.41, 5.74) is 2.27. The zero-order valence-corrected chi connectivity index (χ0v) is 16.3. The quantitative estimate of drug-likeness (QED) is 0.837. The van der Waals surface area contributed by atoms with E-state index in [9.17, 15) is 13.2 Å². The molecule has 25 heavy (non-hydrogen) atoms. The van der Waals surface area contributed by atoms with E-state index in [0.717, 1.165) is 24.0 Å². The molecule has 2 rings (SSSR count). The van der Waals surface area contributed by atoms with Crippen LogP contribution in [0, 0.1) is 12.8 Å². The second kappa shape index (κ2) is 8.29. The van der Waals surface area contributed by atoms with Crippen LogP contribution in [0.5, 0.6) is 0 Å². The van der Waals surface area contributed by atoms with E-state index in [0.29, 0.717) is 13.0 Å². The zero-order chi connectivity index (χ0) is 18.6. The van der Waals surface area contributed by atoms with Gasteiger partial charge in [0.1, 0.15) is 0 Å². The molecule has 1 N–H and O–H groups in total. The molecule has 0 aromatic heterocycles. The predicted octanol–water partition coefficient (Wildman–Crippen LogP) is 2.08. The van der Waals surface area contributed by atoms with Crippen molar-refractivity contribution in [2.45, 2.75) is 39.2 Å². The largest absolute Gasteiger partial charge is 0.349 e. The molecule has 7 heteroatoms. The van der Waals surface area contributed by atoms with Crippen LogP contribution in [0.15, 0.2) is 24.3 Å². The average Bonchev–Trinajstić information content (AvgIpc) is 2.60. The van der Waals surface area contributed by atoms with Crippen LogP contribution in [0.4, 0.5) is 0 Å². The molecule has 0 bridgehead atoms.